The van der Waals surface area contributed by atoms with Gasteiger partial charge in [-0.25, -0.2) is 4.52 Å². The van der Waals surface area contributed by atoms with Gasteiger partial charge in [-0.15, -0.1) is 5.10 Å². The lowest BCUT2D eigenvalue weighted by Gasteiger charge is -2.06. The van der Waals surface area contributed by atoms with Gasteiger partial charge in [0.1, 0.15) is 5.75 Å². The molecule has 0 aliphatic heterocycles. The van der Waals surface area contributed by atoms with Crippen LogP contribution in [0.5, 0.6) is 5.75 Å². The number of nitrogens with zero attached hydrogens (tertiary/aromatic N) is 4. The summed E-state index contributed by atoms with van der Waals surface area (Å²) in [6, 6.07) is 25.3. The Hall–Kier alpha value is -4.23. The fourth-order valence-electron chi connectivity index (χ4n) is 3.49. The van der Waals surface area contributed by atoms with Gasteiger partial charge in [0, 0.05) is 11.1 Å². The topological polar surface area (TPSA) is 84.6 Å². The Balaban J connectivity index is 1.39. The number of fused-ring (bicyclic) bond motifs is 1. The molecule has 0 saturated carbocycles. The lowest BCUT2D eigenvalue weighted by molar-refractivity contribution is 0.282. The van der Waals surface area contributed by atoms with Crippen molar-refractivity contribution >= 4 is 17.3 Å². The van der Waals surface area contributed by atoms with Gasteiger partial charge in [-0.3, -0.25) is 4.98 Å². The van der Waals surface area contributed by atoms with E-state index in [4.69, 9.17) is 4.74 Å². The van der Waals surface area contributed by atoms with Crippen molar-refractivity contribution in [2.45, 2.75) is 6.61 Å². The van der Waals surface area contributed by atoms with E-state index in [1.165, 1.54) is 0 Å². The Bertz CT molecular complexity index is 1340. The Kier molecular flexibility index (Phi) is 5.23. The quantitative estimate of drug-likeness (QED) is 0.412. The highest BCUT2D eigenvalue weighted by atomic mass is 16.5. The van der Waals surface area contributed by atoms with E-state index in [0.29, 0.717) is 5.95 Å². The molecule has 2 aromatic carbocycles. The summed E-state index contributed by atoms with van der Waals surface area (Å²) in [6.45, 7) is 0.0305. The summed E-state index contributed by atoms with van der Waals surface area (Å²) in [5.74, 6) is 1.30. The van der Waals surface area contributed by atoms with Gasteiger partial charge in [-0.2, -0.15) is 4.98 Å². The SMILES string of the molecule is COc1ccc(-c2cccc3nc(Nc4ccc(-c5ccc(CO)cc5)nc4)nn23)cc1. The molecule has 0 aliphatic rings. The summed E-state index contributed by atoms with van der Waals surface area (Å²) < 4.78 is 7.06. The number of methoxy groups -OCH3 is 1. The van der Waals surface area contributed by atoms with E-state index in [1.54, 1.807) is 13.3 Å². The fraction of sp³-hybridized carbons (Fsp3) is 0.0800. The maximum atomic E-state index is 9.19. The number of ether oxygens (including phenoxy) is 1. The minimum Gasteiger partial charge on any atom is -0.497 e. The zero-order valence-electron chi connectivity index (χ0n) is 17.4. The number of aliphatic hydroxyl groups is 1. The third kappa shape index (κ3) is 3.89. The predicted octanol–water partition coefficient (Wildman–Crippen LogP) is 4.70. The molecule has 0 unspecified atom stereocenters. The molecular weight excluding hydrogens is 402 g/mol. The molecule has 0 saturated heterocycles. The van der Waals surface area contributed by atoms with Crippen LogP contribution in [0, 0.1) is 0 Å². The second kappa shape index (κ2) is 8.49. The highest BCUT2D eigenvalue weighted by Crippen LogP contribution is 2.25. The molecule has 0 fully saturated rings. The number of hydrogen-bond donors (Lipinski definition) is 2. The van der Waals surface area contributed by atoms with E-state index < -0.39 is 0 Å². The van der Waals surface area contributed by atoms with Gasteiger partial charge in [-0.05, 0) is 54.1 Å². The highest BCUT2D eigenvalue weighted by molar-refractivity contribution is 5.66. The summed E-state index contributed by atoms with van der Waals surface area (Å²) in [5, 5.41) is 17.1. The van der Waals surface area contributed by atoms with Crippen molar-refractivity contribution in [2.24, 2.45) is 0 Å². The standard InChI is InChI=1S/C25H21N5O2/c1-32-21-12-9-19(10-13-21)23-3-2-4-24-28-25(29-30(23)24)27-20-11-14-22(26-15-20)18-7-5-17(16-31)6-8-18/h2-15,31H,16H2,1H3,(H,27,29). The molecule has 32 heavy (non-hydrogen) atoms. The average molecular weight is 423 g/mol. The third-order valence-electron chi connectivity index (χ3n) is 5.20. The monoisotopic (exact) mass is 423 g/mol. The normalized spacial score (nSPS) is 10.9. The van der Waals surface area contributed by atoms with Crippen LogP contribution in [0.3, 0.4) is 0 Å². The van der Waals surface area contributed by atoms with Gasteiger partial charge in [0.05, 0.1) is 37.0 Å². The smallest absolute Gasteiger partial charge is 0.247 e. The van der Waals surface area contributed by atoms with E-state index in [0.717, 1.165) is 45.2 Å². The van der Waals surface area contributed by atoms with Crippen LogP contribution in [0.15, 0.2) is 85.1 Å². The van der Waals surface area contributed by atoms with Crippen LogP contribution in [0.4, 0.5) is 11.6 Å². The molecule has 0 bridgehead atoms. The van der Waals surface area contributed by atoms with Crippen LogP contribution in [0.2, 0.25) is 0 Å². The molecule has 2 N–H and O–H groups in total. The van der Waals surface area contributed by atoms with Crippen LogP contribution >= 0.6 is 0 Å². The zero-order chi connectivity index (χ0) is 21.9. The lowest BCUT2D eigenvalue weighted by Crippen LogP contribution is -1.96. The molecule has 0 aliphatic carbocycles. The fourth-order valence-corrected chi connectivity index (χ4v) is 3.49. The molecular formula is C25H21N5O2. The van der Waals surface area contributed by atoms with Crippen molar-refractivity contribution in [1.82, 2.24) is 19.6 Å². The van der Waals surface area contributed by atoms with Gasteiger partial charge in [-0.1, -0.05) is 30.3 Å². The molecule has 0 spiro atoms. The number of pyridine rings is 2. The van der Waals surface area contributed by atoms with E-state index in [1.807, 2.05) is 83.4 Å². The second-order valence-corrected chi connectivity index (χ2v) is 7.26. The molecule has 5 aromatic rings. The Morgan fingerprint density at radius 2 is 1.69 bits per heavy atom. The van der Waals surface area contributed by atoms with Crippen LogP contribution in [-0.4, -0.2) is 31.8 Å². The predicted molar refractivity (Wildman–Crippen MR) is 124 cm³/mol. The summed E-state index contributed by atoms with van der Waals surface area (Å²) >= 11 is 0. The Morgan fingerprint density at radius 3 is 2.38 bits per heavy atom. The number of anilines is 2. The zero-order valence-corrected chi connectivity index (χ0v) is 17.4. The first-order valence-electron chi connectivity index (χ1n) is 10.2. The average Bonchev–Trinajstić information content (AvgIpc) is 3.27. The molecule has 0 amide bonds. The second-order valence-electron chi connectivity index (χ2n) is 7.26. The molecule has 3 heterocycles. The lowest BCUT2D eigenvalue weighted by atomic mass is 10.1. The molecule has 3 aromatic heterocycles. The highest BCUT2D eigenvalue weighted by Gasteiger charge is 2.10. The van der Waals surface area contributed by atoms with Gasteiger partial charge in [0.25, 0.3) is 0 Å². The minimum absolute atomic E-state index is 0.0305. The van der Waals surface area contributed by atoms with Gasteiger partial charge in [0.2, 0.25) is 5.95 Å². The Labute approximate surface area is 185 Å². The first-order chi connectivity index (χ1) is 15.7. The van der Waals surface area contributed by atoms with E-state index in [-0.39, 0.29) is 6.61 Å². The summed E-state index contributed by atoms with van der Waals surface area (Å²) in [4.78, 5) is 9.13. The molecule has 0 radical (unpaired) electrons. The van der Waals surface area contributed by atoms with Crippen molar-refractivity contribution in [1.29, 1.82) is 0 Å². The first-order valence-corrected chi connectivity index (χ1v) is 10.2. The van der Waals surface area contributed by atoms with Crippen LogP contribution in [0.1, 0.15) is 5.56 Å². The van der Waals surface area contributed by atoms with Crippen LogP contribution in [0.25, 0.3) is 28.2 Å². The third-order valence-corrected chi connectivity index (χ3v) is 5.20. The van der Waals surface area contributed by atoms with Crippen molar-refractivity contribution in [2.75, 3.05) is 12.4 Å². The number of benzene rings is 2. The number of hydrogen-bond acceptors (Lipinski definition) is 6. The first kappa shape index (κ1) is 19.7. The van der Waals surface area contributed by atoms with E-state index >= 15 is 0 Å². The van der Waals surface area contributed by atoms with Crippen molar-refractivity contribution in [3.8, 4) is 28.3 Å². The van der Waals surface area contributed by atoms with E-state index in [9.17, 15) is 5.11 Å². The molecule has 7 nitrogen and oxygen atoms in total. The molecule has 0 atom stereocenters. The van der Waals surface area contributed by atoms with Gasteiger partial charge >= 0.3 is 0 Å². The van der Waals surface area contributed by atoms with Crippen molar-refractivity contribution in [3.63, 3.8) is 0 Å². The van der Waals surface area contributed by atoms with Gasteiger partial charge < -0.3 is 15.2 Å². The van der Waals surface area contributed by atoms with Crippen molar-refractivity contribution < 1.29 is 9.84 Å². The minimum atomic E-state index is 0.0305. The van der Waals surface area contributed by atoms with Crippen molar-refractivity contribution in [3.05, 3.63) is 90.6 Å². The van der Waals surface area contributed by atoms with E-state index in [2.05, 4.69) is 20.4 Å². The number of rotatable bonds is 6. The Morgan fingerprint density at radius 1 is 0.906 bits per heavy atom. The number of aromatic nitrogens is 4. The number of aliphatic hydroxyl groups excluding tert-OH is 1. The summed E-state index contributed by atoms with van der Waals surface area (Å²) in [7, 11) is 1.65. The maximum Gasteiger partial charge on any atom is 0.247 e. The number of nitrogens with one attached hydrogen (secondary N) is 1. The maximum absolute atomic E-state index is 9.19. The largest absolute Gasteiger partial charge is 0.497 e. The van der Waals surface area contributed by atoms with Crippen LogP contribution in [-0.2, 0) is 6.61 Å². The van der Waals surface area contributed by atoms with Crippen LogP contribution < -0.4 is 10.1 Å². The molecule has 158 valence electrons. The summed E-state index contributed by atoms with van der Waals surface area (Å²) in [5.41, 5.74) is 6.21. The van der Waals surface area contributed by atoms with Gasteiger partial charge in [0.15, 0.2) is 5.65 Å². The molecule has 5 rings (SSSR count). The molecule has 7 heteroatoms. The summed E-state index contributed by atoms with van der Waals surface area (Å²) in [6.07, 6.45) is 1.76.